The fraction of sp³-hybridized carbons (Fsp3) is 0. The van der Waals surface area contributed by atoms with Gasteiger partial charge in [0.1, 0.15) is 7.85 Å². The van der Waals surface area contributed by atoms with Crippen LogP contribution in [0.3, 0.4) is 0 Å². The molecule has 1 aromatic carbocycles. The summed E-state index contributed by atoms with van der Waals surface area (Å²) in [5.74, 6) is -0.926. The Hall–Kier alpha value is -0.955. The largest absolute Gasteiger partial charge is 0.478 e. The van der Waals surface area contributed by atoms with Gasteiger partial charge in [0.2, 0.25) is 0 Å². The number of benzene rings is 1. The fourth-order valence-corrected chi connectivity index (χ4v) is 0.895. The van der Waals surface area contributed by atoms with Gasteiger partial charge in [-0.05, 0) is 12.1 Å². The second kappa shape index (κ2) is 2.97. The zero-order chi connectivity index (χ0) is 8.43. The molecule has 0 bridgehead atoms. The Morgan fingerprint density at radius 1 is 1.55 bits per heavy atom. The van der Waals surface area contributed by atoms with Crippen LogP contribution in [0.5, 0.6) is 0 Å². The van der Waals surface area contributed by atoms with Gasteiger partial charge in [0, 0.05) is 5.02 Å². The van der Waals surface area contributed by atoms with Crippen LogP contribution in [0.15, 0.2) is 18.2 Å². The van der Waals surface area contributed by atoms with Gasteiger partial charge in [0.25, 0.3) is 0 Å². The summed E-state index contributed by atoms with van der Waals surface area (Å²) in [6, 6.07) is 4.61. The first-order valence-corrected chi connectivity index (χ1v) is 3.48. The van der Waals surface area contributed by atoms with E-state index in [9.17, 15) is 4.79 Å². The zero-order valence-electron chi connectivity index (χ0n) is 5.97. The van der Waals surface area contributed by atoms with E-state index in [1.54, 1.807) is 20.0 Å². The lowest BCUT2D eigenvalue weighted by molar-refractivity contribution is 0.0697. The third-order valence-corrected chi connectivity index (χ3v) is 1.83. The Morgan fingerprint density at radius 2 is 2.18 bits per heavy atom. The minimum Gasteiger partial charge on any atom is -0.478 e. The average molecular weight is 168 g/mol. The van der Waals surface area contributed by atoms with Crippen molar-refractivity contribution in [2.75, 3.05) is 0 Å². The normalized spacial score (nSPS) is 9.55. The van der Waals surface area contributed by atoms with Crippen LogP contribution in [0.25, 0.3) is 0 Å². The van der Waals surface area contributed by atoms with Gasteiger partial charge in [0.15, 0.2) is 0 Å². The summed E-state index contributed by atoms with van der Waals surface area (Å²) in [6.07, 6.45) is 0. The lowest BCUT2D eigenvalue weighted by Crippen LogP contribution is -2.07. The van der Waals surface area contributed by atoms with Crippen LogP contribution in [0, 0.1) is 0 Å². The van der Waals surface area contributed by atoms with Crippen molar-refractivity contribution in [3.63, 3.8) is 0 Å². The number of aromatic carboxylic acids is 1. The van der Waals surface area contributed by atoms with Crippen LogP contribution < -0.4 is 5.46 Å². The first kappa shape index (κ1) is 8.14. The van der Waals surface area contributed by atoms with Gasteiger partial charge >= 0.3 is 5.97 Å². The standard InChI is InChI=1S/C7H6BClO2/c8-5-3-4(7(10)11)1-2-6(5)9/h1-3H,8H2,(H,10,11). The maximum absolute atomic E-state index is 10.4. The predicted octanol–water partition coefficient (Wildman–Crippen LogP) is 0.297. The lowest BCUT2D eigenvalue weighted by Gasteiger charge is -1.98. The Kier molecular flexibility index (Phi) is 2.20. The van der Waals surface area contributed by atoms with Crippen molar-refractivity contribution in [2.45, 2.75) is 0 Å². The summed E-state index contributed by atoms with van der Waals surface area (Å²) in [5.41, 5.74) is 1.05. The summed E-state index contributed by atoms with van der Waals surface area (Å²) >= 11 is 5.69. The lowest BCUT2D eigenvalue weighted by atomic mass is 9.94. The molecular weight excluding hydrogens is 162 g/mol. The maximum Gasteiger partial charge on any atom is 0.335 e. The third kappa shape index (κ3) is 1.74. The highest BCUT2D eigenvalue weighted by Gasteiger charge is 2.02. The van der Waals surface area contributed by atoms with Gasteiger partial charge in [-0.15, -0.1) is 0 Å². The second-order valence-corrected chi connectivity index (χ2v) is 2.68. The van der Waals surface area contributed by atoms with E-state index in [0.29, 0.717) is 5.02 Å². The predicted molar refractivity (Wildman–Crippen MR) is 46.6 cm³/mol. The smallest absolute Gasteiger partial charge is 0.335 e. The van der Waals surface area contributed by atoms with Crippen LogP contribution in [0.1, 0.15) is 10.4 Å². The number of carboxylic acids is 1. The molecule has 0 fully saturated rings. The Labute approximate surface area is 70.2 Å². The fourth-order valence-electron chi connectivity index (χ4n) is 0.778. The van der Waals surface area contributed by atoms with E-state index in [4.69, 9.17) is 16.7 Å². The number of hydrogen-bond donors (Lipinski definition) is 1. The molecule has 56 valence electrons. The maximum atomic E-state index is 10.4. The molecule has 0 spiro atoms. The molecule has 0 aliphatic rings. The molecule has 1 rings (SSSR count). The van der Waals surface area contributed by atoms with E-state index in [1.165, 1.54) is 6.07 Å². The minimum atomic E-state index is -0.926. The molecule has 0 saturated heterocycles. The monoisotopic (exact) mass is 168 g/mol. The number of carbonyl (C=O) groups is 1. The quantitative estimate of drug-likeness (QED) is 0.612. The van der Waals surface area contributed by atoms with Crippen LogP contribution in [0.4, 0.5) is 0 Å². The third-order valence-electron chi connectivity index (χ3n) is 1.40. The Morgan fingerprint density at radius 3 is 2.64 bits per heavy atom. The van der Waals surface area contributed by atoms with Gasteiger partial charge < -0.3 is 5.11 Å². The van der Waals surface area contributed by atoms with Crippen molar-refractivity contribution in [1.82, 2.24) is 0 Å². The molecule has 2 nitrogen and oxygen atoms in total. The van der Waals surface area contributed by atoms with E-state index in [2.05, 4.69) is 0 Å². The molecule has 0 radical (unpaired) electrons. The van der Waals surface area contributed by atoms with Crippen molar-refractivity contribution in [3.8, 4) is 0 Å². The van der Waals surface area contributed by atoms with Crippen molar-refractivity contribution < 1.29 is 9.90 Å². The van der Waals surface area contributed by atoms with E-state index in [1.807, 2.05) is 0 Å². The zero-order valence-corrected chi connectivity index (χ0v) is 6.72. The molecule has 0 aliphatic heterocycles. The second-order valence-electron chi connectivity index (χ2n) is 2.27. The van der Waals surface area contributed by atoms with Crippen molar-refractivity contribution >= 4 is 30.9 Å². The number of hydrogen-bond acceptors (Lipinski definition) is 1. The molecule has 0 heterocycles. The molecule has 4 heteroatoms. The minimum absolute atomic E-state index is 0.270. The Balaban J connectivity index is 3.15. The first-order chi connectivity index (χ1) is 5.11. The molecule has 0 saturated carbocycles. The van der Waals surface area contributed by atoms with Crippen LogP contribution in [-0.2, 0) is 0 Å². The summed E-state index contributed by atoms with van der Waals surface area (Å²) in [5, 5.41) is 9.15. The number of rotatable bonds is 1. The molecule has 1 N–H and O–H groups in total. The highest BCUT2D eigenvalue weighted by molar-refractivity contribution is 6.45. The van der Waals surface area contributed by atoms with E-state index in [-0.39, 0.29) is 5.56 Å². The molecule has 0 atom stereocenters. The van der Waals surface area contributed by atoms with Crippen LogP contribution >= 0.6 is 11.6 Å². The number of carboxylic acid groups (broad SMARTS) is 1. The summed E-state index contributed by atoms with van der Waals surface area (Å²) in [7, 11) is 1.77. The SMILES string of the molecule is Bc1cc(C(=O)O)ccc1Cl. The summed E-state index contributed by atoms with van der Waals surface area (Å²) < 4.78 is 0. The van der Waals surface area contributed by atoms with Crippen molar-refractivity contribution in [2.24, 2.45) is 0 Å². The van der Waals surface area contributed by atoms with Gasteiger partial charge in [-0.25, -0.2) is 4.79 Å². The average Bonchev–Trinajstić information content (AvgIpc) is 1.94. The topological polar surface area (TPSA) is 37.3 Å². The number of halogens is 1. The summed E-state index contributed by atoms with van der Waals surface area (Å²) in [4.78, 5) is 10.4. The van der Waals surface area contributed by atoms with Crippen LogP contribution in [-0.4, -0.2) is 18.9 Å². The molecular formula is C7H6BClO2. The van der Waals surface area contributed by atoms with E-state index >= 15 is 0 Å². The molecule has 0 unspecified atom stereocenters. The highest BCUT2D eigenvalue weighted by atomic mass is 35.5. The molecule has 0 aliphatic carbocycles. The van der Waals surface area contributed by atoms with Gasteiger partial charge in [0.05, 0.1) is 5.56 Å². The van der Waals surface area contributed by atoms with Gasteiger partial charge in [-0.3, -0.25) is 0 Å². The molecule has 1 aromatic rings. The van der Waals surface area contributed by atoms with Crippen LogP contribution in [0.2, 0.25) is 5.02 Å². The van der Waals surface area contributed by atoms with E-state index < -0.39 is 5.97 Å². The summed E-state index contributed by atoms with van der Waals surface area (Å²) in [6.45, 7) is 0. The van der Waals surface area contributed by atoms with Gasteiger partial charge in [-0.1, -0.05) is 23.1 Å². The molecule has 0 aromatic heterocycles. The van der Waals surface area contributed by atoms with E-state index in [0.717, 1.165) is 5.46 Å². The molecule has 0 amide bonds. The molecule has 11 heavy (non-hydrogen) atoms. The van der Waals surface area contributed by atoms with Crippen molar-refractivity contribution in [1.29, 1.82) is 0 Å². The highest BCUT2D eigenvalue weighted by Crippen LogP contribution is 2.05. The van der Waals surface area contributed by atoms with Crippen molar-refractivity contribution in [3.05, 3.63) is 28.8 Å². The van der Waals surface area contributed by atoms with Gasteiger partial charge in [-0.2, -0.15) is 0 Å². The Bertz CT molecular complexity index is 298. The first-order valence-electron chi connectivity index (χ1n) is 3.10.